The lowest BCUT2D eigenvalue weighted by Gasteiger charge is -2.34. The van der Waals surface area contributed by atoms with E-state index < -0.39 is 28.5 Å². The zero-order valence-corrected chi connectivity index (χ0v) is 25.4. The van der Waals surface area contributed by atoms with Gasteiger partial charge in [0, 0.05) is 30.6 Å². The van der Waals surface area contributed by atoms with Gasteiger partial charge in [-0.1, -0.05) is 61.0 Å². The molecule has 0 aromatic heterocycles. The second-order valence-electron chi connectivity index (χ2n) is 9.88. The van der Waals surface area contributed by atoms with Gasteiger partial charge in [0.2, 0.25) is 21.8 Å². The monoisotopic (exact) mass is 613 g/mol. The first-order valence-corrected chi connectivity index (χ1v) is 16.0. The van der Waals surface area contributed by atoms with E-state index in [9.17, 15) is 18.0 Å². The first kappa shape index (κ1) is 31.2. The molecular formula is C31H36ClN3O6S. The van der Waals surface area contributed by atoms with Crippen molar-refractivity contribution in [3.05, 3.63) is 88.9 Å². The smallest absolute Gasteiger partial charge is 0.244 e. The first-order valence-electron chi connectivity index (χ1n) is 14.0. The Hall–Kier alpha value is -3.76. The lowest BCUT2D eigenvalue weighted by atomic mass is 10.0. The Balaban J connectivity index is 1.73. The van der Waals surface area contributed by atoms with Crippen LogP contribution >= 0.6 is 11.6 Å². The molecule has 3 aromatic rings. The summed E-state index contributed by atoms with van der Waals surface area (Å²) in [6.07, 6.45) is 0.974. The van der Waals surface area contributed by atoms with Crippen LogP contribution in [0, 0.1) is 0 Å². The Morgan fingerprint density at radius 2 is 1.62 bits per heavy atom. The molecule has 1 aliphatic heterocycles. The van der Waals surface area contributed by atoms with E-state index in [1.54, 1.807) is 42.5 Å². The average molecular weight is 614 g/mol. The average Bonchev–Trinajstić information content (AvgIpc) is 3.01. The highest BCUT2D eigenvalue weighted by molar-refractivity contribution is 7.92. The van der Waals surface area contributed by atoms with Crippen LogP contribution in [0.2, 0.25) is 5.02 Å². The van der Waals surface area contributed by atoms with Gasteiger partial charge in [0.1, 0.15) is 25.8 Å². The first-order chi connectivity index (χ1) is 20.2. The van der Waals surface area contributed by atoms with Crippen molar-refractivity contribution >= 4 is 39.1 Å². The van der Waals surface area contributed by atoms with Crippen LogP contribution in [-0.4, -0.2) is 63.2 Å². The number of ether oxygens (including phenoxy) is 2. The number of sulfonamides is 1. The van der Waals surface area contributed by atoms with Gasteiger partial charge in [0.05, 0.1) is 11.4 Å². The van der Waals surface area contributed by atoms with Gasteiger partial charge in [0.15, 0.2) is 11.5 Å². The molecule has 3 aromatic carbocycles. The van der Waals surface area contributed by atoms with Crippen LogP contribution in [0.3, 0.4) is 0 Å². The van der Waals surface area contributed by atoms with Gasteiger partial charge in [-0.2, -0.15) is 0 Å². The molecule has 1 aliphatic rings. The van der Waals surface area contributed by atoms with Crippen LogP contribution in [0.1, 0.15) is 31.4 Å². The summed E-state index contributed by atoms with van der Waals surface area (Å²) in [4.78, 5) is 29.3. The Morgan fingerprint density at radius 1 is 0.929 bits per heavy atom. The van der Waals surface area contributed by atoms with E-state index in [1.807, 2.05) is 37.3 Å². The maximum Gasteiger partial charge on any atom is 0.244 e. The second kappa shape index (κ2) is 14.4. The van der Waals surface area contributed by atoms with Gasteiger partial charge in [-0.15, -0.1) is 0 Å². The van der Waals surface area contributed by atoms with E-state index in [-0.39, 0.29) is 30.3 Å². The Morgan fingerprint density at radius 3 is 2.29 bits per heavy atom. The summed E-state index contributed by atoms with van der Waals surface area (Å²) in [6.45, 7) is 4.21. The summed E-state index contributed by atoms with van der Waals surface area (Å²) in [5.41, 5.74) is 1.89. The predicted octanol–water partition coefficient (Wildman–Crippen LogP) is 4.43. The number of hydrogen-bond donors (Lipinski definition) is 1. The van der Waals surface area contributed by atoms with Crippen molar-refractivity contribution in [2.75, 3.05) is 36.4 Å². The molecule has 0 radical (unpaired) electrons. The topological polar surface area (TPSA) is 105 Å². The van der Waals surface area contributed by atoms with Gasteiger partial charge in [-0.25, -0.2) is 8.42 Å². The highest BCUT2D eigenvalue weighted by atomic mass is 35.5. The van der Waals surface area contributed by atoms with E-state index in [4.69, 9.17) is 21.1 Å². The van der Waals surface area contributed by atoms with Gasteiger partial charge >= 0.3 is 0 Å². The highest BCUT2D eigenvalue weighted by Crippen LogP contribution is 2.35. The van der Waals surface area contributed by atoms with E-state index in [0.29, 0.717) is 36.3 Å². The molecule has 11 heteroatoms. The molecule has 4 rings (SSSR count). The molecule has 0 bridgehead atoms. The number of carbonyl (C=O) groups is 2. The van der Waals surface area contributed by atoms with Crippen LogP contribution in [0.15, 0.2) is 72.8 Å². The summed E-state index contributed by atoms with van der Waals surface area (Å²) in [5.74, 6) is -0.153. The number of nitrogens with one attached hydrogen (secondary N) is 1. The molecule has 0 unspecified atom stereocenters. The predicted molar refractivity (Wildman–Crippen MR) is 163 cm³/mol. The molecule has 9 nitrogen and oxygen atoms in total. The summed E-state index contributed by atoms with van der Waals surface area (Å²) >= 11 is 6.10. The molecule has 1 heterocycles. The second-order valence-corrected chi connectivity index (χ2v) is 12.5. The van der Waals surface area contributed by atoms with Crippen molar-refractivity contribution in [2.45, 2.75) is 39.3 Å². The van der Waals surface area contributed by atoms with Crippen LogP contribution in [0.4, 0.5) is 5.69 Å². The minimum atomic E-state index is -3.89. The van der Waals surface area contributed by atoms with Crippen molar-refractivity contribution in [1.29, 1.82) is 0 Å². The van der Waals surface area contributed by atoms with E-state index >= 15 is 0 Å². The summed E-state index contributed by atoms with van der Waals surface area (Å²) in [6, 6.07) is 20.3. The third-order valence-electron chi connectivity index (χ3n) is 6.88. The molecule has 0 spiro atoms. The minimum Gasteiger partial charge on any atom is -0.486 e. The zero-order valence-electron chi connectivity index (χ0n) is 23.8. The van der Waals surface area contributed by atoms with Gasteiger partial charge < -0.3 is 19.7 Å². The molecule has 2 amide bonds. The lowest BCUT2D eigenvalue weighted by Crippen LogP contribution is -2.53. The summed E-state index contributed by atoms with van der Waals surface area (Å²) in [7, 11) is -3.89. The Bertz CT molecular complexity index is 1470. The van der Waals surface area contributed by atoms with Crippen LogP contribution in [0.25, 0.3) is 0 Å². The molecule has 0 aliphatic carbocycles. The number of anilines is 1. The fraction of sp³-hybridized carbons (Fsp3) is 0.355. The fourth-order valence-electron chi connectivity index (χ4n) is 4.61. The van der Waals surface area contributed by atoms with Gasteiger partial charge in [-0.05, 0) is 48.7 Å². The SMILES string of the molecule is CCCNC(=O)[C@H](Cc1ccccc1)N(Cc1ccc(Cl)cc1)C(=O)CN(c1ccc2c(c1)OCCO2)S(=O)(=O)CC. The normalized spacial score (nSPS) is 13.2. The van der Waals surface area contributed by atoms with Crippen molar-refractivity contribution in [1.82, 2.24) is 10.2 Å². The highest BCUT2D eigenvalue weighted by Gasteiger charge is 2.34. The van der Waals surface area contributed by atoms with Crippen molar-refractivity contribution < 1.29 is 27.5 Å². The van der Waals surface area contributed by atoms with E-state index in [1.165, 1.54) is 11.8 Å². The van der Waals surface area contributed by atoms with Crippen LogP contribution in [0.5, 0.6) is 11.5 Å². The summed E-state index contributed by atoms with van der Waals surface area (Å²) in [5, 5.41) is 3.47. The quantitative estimate of drug-likeness (QED) is 0.306. The van der Waals surface area contributed by atoms with Crippen LogP contribution < -0.4 is 19.1 Å². The molecule has 1 atom stereocenters. The fourth-order valence-corrected chi connectivity index (χ4v) is 5.79. The molecule has 0 fully saturated rings. The largest absolute Gasteiger partial charge is 0.486 e. The molecular weight excluding hydrogens is 578 g/mol. The number of nitrogens with zero attached hydrogens (tertiary/aromatic N) is 2. The minimum absolute atomic E-state index is 0.0776. The third-order valence-corrected chi connectivity index (χ3v) is 8.87. The molecule has 0 saturated carbocycles. The maximum absolute atomic E-state index is 14.2. The third kappa shape index (κ3) is 7.95. The summed E-state index contributed by atoms with van der Waals surface area (Å²) < 4.78 is 39.0. The lowest BCUT2D eigenvalue weighted by molar-refractivity contribution is -0.140. The standard InChI is InChI=1S/C31H36ClN3O6S/c1-3-16-33-31(37)27(19-23-8-6-5-7-9-23)34(21-24-10-12-25(32)13-11-24)30(36)22-35(42(38,39)4-2)26-14-15-28-29(20-26)41-18-17-40-28/h5-15,20,27H,3-4,16-19,21-22H2,1-2H3,(H,33,37)/t27-/m0/s1. The van der Waals surface area contributed by atoms with Gasteiger partial charge in [-0.3, -0.25) is 13.9 Å². The number of halogens is 1. The molecule has 0 saturated heterocycles. The Labute approximate surface area is 252 Å². The van der Waals surface area contributed by atoms with Crippen molar-refractivity contribution in [3.63, 3.8) is 0 Å². The number of fused-ring (bicyclic) bond motifs is 1. The number of carbonyl (C=O) groups excluding carboxylic acids is 2. The van der Waals surface area contributed by atoms with Crippen molar-refractivity contribution in [2.24, 2.45) is 0 Å². The Kier molecular flexibility index (Phi) is 10.7. The maximum atomic E-state index is 14.2. The number of amides is 2. The number of benzene rings is 3. The number of rotatable bonds is 13. The van der Waals surface area contributed by atoms with Crippen molar-refractivity contribution in [3.8, 4) is 11.5 Å². The molecule has 42 heavy (non-hydrogen) atoms. The van der Waals surface area contributed by atoms with E-state index in [0.717, 1.165) is 21.9 Å². The van der Waals surface area contributed by atoms with E-state index in [2.05, 4.69) is 5.32 Å². The van der Waals surface area contributed by atoms with Crippen LogP contribution in [-0.2, 0) is 32.6 Å². The van der Waals surface area contributed by atoms with Gasteiger partial charge in [0.25, 0.3) is 0 Å². The molecule has 224 valence electrons. The molecule has 1 N–H and O–H groups in total. The zero-order chi connectivity index (χ0) is 30.1. The number of hydrogen-bond acceptors (Lipinski definition) is 6.